The van der Waals surface area contributed by atoms with Crippen molar-refractivity contribution in [1.29, 1.82) is 0 Å². The summed E-state index contributed by atoms with van der Waals surface area (Å²) in [7, 11) is 0. The maximum absolute atomic E-state index is 13.0. The SMILES string of the molecule is CCN(CC)c1ccc(/C=N/NC(=O)[C@H](CCCCNC(=O)c2ccccc2)N2CCOCC2)cc1. The minimum absolute atomic E-state index is 0.0717. The van der Waals surface area contributed by atoms with Crippen molar-refractivity contribution in [1.82, 2.24) is 15.6 Å². The van der Waals surface area contributed by atoms with Crippen LogP contribution in [-0.2, 0) is 9.53 Å². The van der Waals surface area contributed by atoms with Crippen molar-refractivity contribution in [3.8, 4) is 0 Å². The van der Waals surface area contributed by atoms with Gasteiger partial charge in [-0.2, -0.15) is 5.10 Å². The first-order valence-corrected chi connectivity index (χ1v) is 12.9. The van der Waals surface area contributed by atoms with Gasteiger partial charge in [-0.1, -0.05) is 30.3 Å². The molecule has 2 N–H and O–H groups in total. The summed E-state index contributed by atoms with van der Waals surface area (Å²) in [5.41, 5.74) is 5.50. The lowest BCUT2D eigenvalue weighted by Crippen LogP contribution is -2.50. The van der Waals surface area contributed by atoms with E-state index in [-0.39, 0.29) is 17.9 Å². The minimum Gasteiger partial charge on any atom is -0.379 e. The number of rotatable bonds is 13. The first-order chi connectivity index (χ1) is 17.6. The molecule has 0 bridgehead atoms. The molecule has 8 nitrogen and oxygen atoms in total. The number of amides is 2. The number of nitrogens with zero attached hydrogens (tertiary/aromatic N) is 3. The molecule has 0 aromatic heterocycles. The highest BCUT2D eigenvalue weighted by atomic mass is 16.5. The quantitative estimate of drug-likeness (QED) is 0.254. The number of carbonyl (C=O) groups is 2. The highest BCUT2D eigenvalue weighted by Gasteiger charge is 2.26. The van der Waals surface area contributed by atoms with Crippen LogP contribution in [0.4, 0.5) is 5.69 Å². The molecule has 1 aliphatic rings. The Balaban J connectivity index is 1.48. The molecule has 1 heterocycles. The number of benzene rings is 2. The van der Waals surface area contributed by atoms with E-state index < -0.39 is 0 Å². The van der Waals surface area contributed by atoms with Gasteiger partial charge in [-0.05, 0) is 62.9 Å². The minimum atomic E-state index is -0.277. The fourth-order valence-corrected chi connectivity index (χ4v) is 4.33. The monoisotopic (exact) mass is 493 g/mol. The van der Waals surface area contributed by atoms with Crippen LogP contribution in [0.25, 0.3) is 0 Å². The number of unbranched alkanes of at least 4 members (excludes halogenated alkanes) is 1. The Kier molecular flexibility index (Phi) is 11.4. The van der Waals surface area contributed by atoms with Crippen LogP contribution < -0.4 is 15.6 Å². The summed E-state index contributed by atoms with van der Waals surface area (Å²) in [5.74, 6) is -0.182. The Hall–Kier alpha value is -3.23. The van der Waals surface area contributed by atoms with Gasteiger partial charge in [0.2, 0.25) is 0 Å². The van der Waals surface area contributed by atoms with Gasteiger partial charge in [0.1, 0.15) is 0 Å². The van der Waals surface area contributed by atoms with Gasteiger partial charge in [0.05, 0.1) is 25.5 Å². The number of morpholine rings is 1. The van der Waals surface area contributed by atoms with E-state index in [2.05, 4.69) is 51.6 Å². The molecule has 8 heteroatoms. The molecule has 1 fully saturated rings. The average Bonchev–Trinajstić information content (AvgIpc) is 2.93. The number of ether oxygens (including phenoxy) is 1. The third-order valence-corrected chi connectivity index (χ3v) is 6.43. The van der Waals surface area contributed by atoms with Crippen LogP contribution in [0.2, 0.25) is 0 Å². The van der Waals surface area contributed by atoms with Gasteiger partial charge in [-0.25, -0.2) is 5.43 Å². The molecule has 2 amide bonds. The lowest BCUT2D eigenvalue weighted by Gasteiger charge is -2.33. The zero-order valence-electron chi connectivity index (χ0n) is 21.5. The third-order valence-electron chi connectivity index (χ3n) is 6.43. The van der Waals surface area contributed by atoms with E-state index >= 15 is 0 Å². The summed E-state index contributed by atoms with van der Waals surface area (Å²) in [6.07, 6.45) is 4.00. The smallest absolute Gasteiger partial charge is 0.257 e. The standard InChI is InChI=1S/C28H39N5O3/c1-3-32(4-2)25-15-13-23(14-16-25)22-30-31-28(35)26(33-18-20-36-21-19-33)12-8-9-17-29-27(34)24-10-6-5-7-11-24/h5-7,10-11,13-16,22,26H,3-4,8-9,12,17-21H2,1-2H3,(H,29,34)(H,31,35)/b30-22+/t26-/m0/s1. The molecule has 1 saturated heterocycles. The Morgan fingerprint density at radius 1 is 1.03 bits per heavy atom. The van der Waals surface area contributed by atoms with Crippen LogP contribution in [-0.4, -0.2) is 74.9 Å². The second-order valence-corrected chi connectivity index (χ2v) is 8.78. The lowest BCUT2D eigenvalue weighted by molar-refractivity contribution is -0.128. The first kappa shape index (κ1) is 27.4. The molecule has 194 valence electrons. The summed E-state index contributed by atoms with van der Waals surface area (Å²) in [6.45, 7) is 9.47. The fourth-order valence-electron chi connectivity index (χ4n) is 4.33. The maximum atomic E-state index is 13.0. The maximum Gasteiger partial charge on any atom is 0.257 e. The van der Waals surface area contributed by atoms with E-state index in [0.29, 0.717) is 31.7 Å². The van der Waals surface area contributed by atoms with Crippen LogP contribution in [0.15, 0.2) is 59.7 Å². The Morgan fingerprint density at radius 2 is 1.72 bits per heavy atom. The summed E-state index contributed by atoms with van der Waals surface area (Å²) in [6, 6.07) is 17.1. The Labute approximate surface area is 214 Å². The molecule has 2 aromatic carbocycles. The van der Waals surface area contributed by atoms with Crippen molar-refractivity contribution in [2.24, 2.45) is 5.10 Å². The zero-order valence-corrected chi connectivity index (χ0v) is 21.5. The lowest BCUT2D eigenvalue weighted by atomic mass is 10.1. The van der Waals surface area contributed by atoms with Gasteiger partial charge in [-0.3, -0.25) is 14.5 Å². The van der Waals surface area contributed by atoms with E-state index in [1.807, 2.05) is 30.3 Å². The molecule has 2 aromatic rings. The molecule has 1 aliphatic heterocycles. The number of nitrogens with one attached hydrogen (secondary N) is 2. The highest BCUT2D eigenvalue weighted by Crippen LogP contribution is 2.14. The highest BCUT2D eigenvalue weighted by molar-refractivity contribution is 5.94. The zero-order chi connectivity index (χ0) is 25.6. The van der Waals surface area contributed by atoms with E-state index in [9.17, 15) is 9.59 Å². The Bertz CT molecular complexity index is 955. The molecule has 0 aliphatic carbocycles. The molecule has 1 atom stereocenters. The van der Waals surface area contributed by atoms with Crippen LogP contribution in [0, 0.1) is 0 Å². The summed E-state index contributed by atoms with van der Waals surface area (Å²) in [5, 5.41) is 7.17. The van der Waals surface area contributed by atoms with Crippen molar-refractivity contribution in [2.75, 3.05) is 50.8 Å². The topological polar surface area (TPSA) is 86.3 Å². The molecular weight excluding hydrogens is 454 g/mol. The summed E-state index contributed by atoms with van der Waals surface area (Å²) in [4.78, 5) is 29.7. The molecule has 3 rings (SSSR count). The normalized spacial score (nSPS) is 14.9. The predicted octanol–water partition coefficient (Wildman–Crippen LogP) is 3.28. The fraction of sp³-hybridized carbons (Fsp3) is 0.464. The van der Waals surface area contributed by atoms with Gasteiger partial charge < -0.3 is 15.0 Å². The largest absolute Gasteiger partial charge is 0.379 e. The predicted molar refractivity (Wildman–Crippen MR) is 145 cm³/mol. The van der Waals surface area contributed by atoms with Crippen LogP contribution >= 0.6 is 0 Å². The second kappa shape index (κ2) is 15.0. The number of hydrazone groups is 1. The van der Waals surface area contributed by atoms with Crippen LogP contribution in [0.5, 0.6) is 0 Å². The van der Waals surface area contributed by atoms with Crippen molar-refractivity contribution >= 4 is 23.7 Å². The van der Waals surface area contributed by atoms with E-state index in [1.54, 1.807) is 18.3 Å². The van der Waals surface area contributed by atoms with Crippen molar-refractivity contribution in [3.05, 3.63) is 65.7 Å². The first-order valence-electron chi connectivity index (χ1n) is 12.9. The van der Waals surface area contributed by atoms with Gasteiger partial charge >= 0.3 is 0 Å². The van der Waals surface area contributed by atoms with Crippen molar-refractivity contribution in [2.45, 2.75) is 39.2 Å². The second-order valence-electron chi connectivity index (χ2n) is 8.78. The van der Waals surface area contributed by atoms with Gasteiger partial charge in [-0.15, -0.1) is 0 Å². The molecule has 0 radical (unpaired) electrons. The summed E-state index contributed by atoms with van der Waals surface area (Å²) >= 11 is 0. The van der Waals surface area contributed by atoms with Gasteiger partial charge in [0, 0.05) is 44.0 Å². The van der Waals surface area contributed by atoms with E-state index in [4.69, 9.17) is 4.74 Å². The number of hydrogen-bond donors (Lipinski definition) is 2. The van der Waals surface area contributed by atoms with Crippen LogP contribution in [0.3, 0.4) is 0 Å². The molecule has 0 spiro atoms. The average molecular weight is 494 g/mol. The summed E-state index contributed by atoms with van der Waals surface area (Å²) < 4.78 is 5.47. The van der Waals surface area contributed by atoms with Crippen LogP contribution in [0.1, 0.15) is 49.0 Å². The van der Waals surface area contributed by atoms with E-state index in [0.717, 1.165) is 44.6 Å². The van der Waals surface area contributed by atoms with Gasteiger partial charge in [0.15, 0.2) is 0 Å². The number of carbonyl (C=O) groups excluding carboxylic acids is 2. The van der Waals surface area contributed by atoms with Crippen molar-refractivity contribution in [3.63, 3.8) is 0 Å². The molecule has 0 saturated carbocycles. The molecular formula is C28H39N5O3. The van der Waals surface area contributed by atoms with E-state index in [1.165, 1.54) is 5.69 Å². The third kappa shape index (κ3) is 8.46. The number of hydrogen-bond acceptors (Lipinski definition) is 6. The molecule has 36 heavy (non-hydrogen) atoms. The Morgan fingerprint density at radius 3 is 2.39 bits per heavy atom. The van der Waals surface area contributed by atoms with Gasteiger partial charge in [0.25, 0.3) is 11.8 Å². The number of anilines is 1. The van der Waals surface area contributed by atoms with Crippen molar-refractivity contribution < 1.29 is 14.3 Å². The molecule has 0 unspecified atom stereocenters.